The first-order chi connectivity index (χ1) is 28.5. The van der Waals surface area contributed by atoms with Crippen LogP contribution in [0.1, 0.15) is 80.5 Å². The van der Waals surface area contributed by atoms with Gasteiger partial charge in [-0.2, -0.15) is 0 Å². The van der Waals surface area contributed by atoms with Gasteiger partial charge in [0, 0.05) is 34.1 Å². The number of aryl methyl sites for hydroxylation is 1. The van der Waals surface area contributed by atoms with E-state index in [9.17, 15) is 0 Å². The number of rotatable bonds is 12. The van der Waals surface area contributed by atoms with Gasteiger partial charge in [-0.3, -0.25) is 0 Å². The third-order valence-corrected chi connectivity index (χ3v) is 13.9. The lowest BCUT2D eigenvalue weighted by atomic mass is 9.42. The number of para-hydroxylation sites is 1. The fourth-order valence-corrected chi connectivity index (χ4v) is 11.6. The first-order valence-corrected chi connectivity index (χ1v) is 21.7. The molecule has 2 nitrogen and oxygen atoms in total. The largest absolute Gasteiger partial charge is 0.311 e. The van der Waals surface area contributed by atoms with Gasteiger partial charge < -0.3 is 9.80 Å². The molecule has 0 saturated heterocycles. The molecular formula is C56H54N2. The Morgan fingerprint density at radius 1 is 0.517 bits per heavy atom. The summed E-state index contributed by atoms with van der Waals surface area (Å²) in [6.45, 7) is 6.28. The van der Waals surface area contributed by atoms with Crippen molar-refractivity contribution in [1.29, 1.82) is 0 Å². The molecule has 11 rings (SSSR count). The zero-order chi connectivity index (χ0) is 39.1. The topological polar surface area (TPSA) is 6.48 Å². The third-order valence-electron chi connectivity index (χ3n) is 13.9. The van der Waals surface area contributed by atoms with E-state index in [2.05, 4.69) is 193 Å². The van der Waals surface area contributed by atoms with E-state index in [1.54, 1.807) is 5.56 Å². The highest BCUT2D eigenvalue weighted by Crippen LogP contribution is 2.66. The molecule has 58 heavy (non-hydrogen) atoms. The normalized spacial score (nSPS) is 21.9. The summed E-state index contributed by atoms with van der Waals surface area (Å²) in [6, 6.07) is 63.7. The molecule has 4 aliphatic carbocycles. The minimum Gasteiger partial charge on any atom is -0.311 e. The Morgan fingerprint density at radius 2 is 0.983 bits per heavy atom. The van der Waals surface area contributed by atoms with Gasteiger partial charge in [0.1, 0.15) is 0 Å². The summed E-state index contributed by atoms with van der Waals surface area (Å²) in [7, 11) is 0. The van der Waals surface area contributed by atoms with Gasteiger partial charge in [-0.25, -0.2) is 0 Å². The first kappa shape index (κ1) is 36.5. The SMILES string of the molecule is C=Cc1ccc(C23CC4CC(C2)CC(c2ccc(N(c5ccc(CCCC)cc5)c5ccc(N(c6ccccc6)c6ccc7ccccc7c6)cc5)cc2)(C4)C3)cc1. The molecule has 2 heteroatoms. The highest BCUT2D eigenvalue weighted by Gasteiger charge is 2.58. The van der Waals surface area contributed by atoms with Crippen LogP contribution in [0.4, 0.5) is 34.1 Å². The zero-order valence-corrected chi connectivity index (χ0v) is 33.9. The maximum absolute atomic E-state index is 4.01. The first-order valence-electron chi connectivity index (χ1n) is 21.7. The predicted molar refractivity (Wildman–Crippen MR) is 246 cm³/mol. The Bertz CT molecular complexity index is 2500. The van der Waals surface area contributed by atoms with Gasteiger partial charge in [-0.1, -0.05) is 123 Å². The van der Waals surface area contributed by atoms with Crippen LogP contribution in [0.3, 0.4) is 0 Å². The highest BCUT2D eigenvalue weighted by atomic mass is 15.2. The molecule has 0 aromatic heterocycles. The van der Waals surface area contributed by atoms with E-state index in [0.29, 0.717) is 0 Å². The Labute approximate surface area is 345 Å². The molecule has 7 aromatic rings. The summed E-state index contributed by atoms with van der Waals surface area (Å²) in [5.41, 5.74) is 13.2. The van der Waals surface area contributed by atoms with E-state index in [0.717, 1.165) is 41.0 Å². The number of fused-ring (bicyclic) bond motifs is 1. The van der Waals surface area contributed by atoms with Gasteiger partial charge in [0.2, 0.25) is 0 Å². The quantitative estimate of drug-likeness (QED) is 0.123. The standard InChI is InChI=1S/C56H54N2/c1-3-5-11-42-18-25-50(26-19-42)57(52-30-32-53(33-31-52)58(49-14-7-6-8-15-49)54-27-20-45-12-9-10-13-46(45)35-54)51-28-23-48(24-29-51)56-38-43-34-44(39-56)37-55(36-43,40-56)47-21-16-41(4-2)17-22-47/h4,6-10,12-33,35,43-44H,2-3,5,11,34,36-40H2,1H3. The maximum Gasteiger partial charge on any atom is 0.0468 e. The van der Waals surface area contributed by atoms with Crippen LogP contribution in [0, 0.1) is 11.8 Å². The molecule has 0 spiro atoms. The lowest BCUT2D eigenvalue weighted by Gasteiger charge is -2.63. The second kappa shape index (κ2) is 15.1. The van der Waals surface area contributed by atoms with Crippen LogP contribution in [0.15, 0.2) is 176 Å². The molecule has 4 saturated carbocycles. The van der Waals surface area contributed by atoms with Crippen LogP contribution >= 0.6 is 0 Å². The van der Waals surface area contributed by atoms with Crippen LogP contribution in [0.25, 0.3) is 16.8 Å². The minimum atomic E-state index is 0.247. The van der Waals surface area contributed by atoms with Crippen LogP contribution < -0.4 is 9.80 Å². The monoisotopic (exact) mass is 754 g/mol. The Morgan fingerprint density at radius 3 is 1.55 bits per heavy atom. The van der Waals surface area contributed by atoms with Crippen molar-refractivity contribution >= 4 is 51.0 Å². The molecule has 4 bridgehead atoms. The molecule has 7 aromatic carbocycles. The number of nitrogens with zero attached hydrogens (tertiary/aromatic N) is 2. The van der Waals surface area contributed by atoms with Crippen molar-refractivity contribution < 1.29 is 0 Å². The minimum absolute atomic E-state index is 0.247. The summed E-state index contributed by atoms with van der Waals surface area (Å²) in [6.07, 6.45) is 13.5. The van der Waals surface area contributed by atoms with Crippen molar-refractivity contribution in [3.8, 4) is 0 Å². The molecule has 4 fully saturated rings. The molecule has 0 amide bonds. The molecule has 0 heterocycles. The lowest BCUT2D eigenvalue weighted by Crippen LogP contribution is -2.55. The predicted octanol–water partition coefficient (Wildman–Crippen LogP) is 15.6. The Hall–Kier alpha value is -5.86. The second-order valence-electron chi connectivity index (χ2n) is 17.7. The molecule has 4 aliphatic rings. The maximum atomic E-state index is 4.01. The van der Waals surface area contributed by atoms with E-state index in [-0.39, 0.29) is 10.8 Å². The molecule has 0 radical (unpaired) electrons. The van der Waals surface area contributed by atoms with Gasteiger partial charge >= 0.3 is 0 Å². The molecule has 0 N–H and O–H groups in total. The number of anilines is 6. The smallest absolute Gasteiger partial charge is 0.0468 e. The second-order valence-corrected chi connectivity index (χ2v) is 17.7. The fraction of sp³-hybridized carbons (Fsp3) is 0.250. The van der Waals surface area contributed by atoms with E-state index in [1.807, 2.05) is 6.08 Å². The van der Waals surface area contributed by atoms with Crippen molar-refractivity contribution in [2.75, 3.05) is 9.80 Å². The molecular weight excluding hydrogens is 701 g/mol. The number of benzene rings is 7. The van der Waals surface area contributed by atoms with E-state index in [1.165, 1.54) is 90.2 Å². The van der Waals surface area contributed by atoms with Crippen LogP contribution in [0.2, 0.25) is 0 Å². The number of unbranched alkanes of at least 4 members (excludes halogenated alkanes) is 1. The van der Waals surface area contributed by atoms with Gasteiger partial charge in [0.15, 0.2) is 0 Å². The third kappa shape index (κ3) is 6.73. The average Bonchev–Trinajstić information content (AvgIpc) is 3.27. The van der Waals surface area contributed by atoms with E-state index >= 15 is 0 Å². The van der Waals surface area contributed by atoms with Gasteiger partial charge in [0.25, 0.3) is 0 Å². The zero-order valence-electron chi connectivity index (χ0n) is 33.9. The molecule has 2 unspecified atom stereocenters. The van der Waals surface area contributed by atoms with Crippen molar-refractivity contribution in [2.24, 2.45) is 11.8 Å². The van der Waals surface area contributed by atoms with Crippen LogP contribution in [-0.2, 0) is 17.3 Å². The van der Waals surface area contributed by atoms with E-state index < -0.39 is 0 Å². The van der Waals surface area contributed by atoms with Gasteiger partial charge in [-0.15, -0.1) is 0 Å². The molecule has 288 valence electrons. The molecule has 2 atom stereocenters. The van der Waals surface area contributed by atoms with Gasteiger partial charge in [-0.05, 0) is 180 Å². The Kier molecular flexibility index (Phi) is 9.52. The fourth-order valence-electron chi connectivity index (χ4n) is 11.6. The summed E-state index contributed by atoms with van der Waals surface area (Å²) < 4.78 is 0. The van der Waals surface area contributed by atoms with Crippen molar-refractivity contribution in [2.45, 2.75) is 75.5 Å². The van der Waals surface area contributed by atoms with Crippen molar-refractivity contribution in [3.63, 3.8) is 0 Å². The van der Waals surface area contributed by atoms with E-state index in [4.69, 9.17) is 0 Å². The van der Waals surface area contributed by atoms with Crippen molar-refractivity contribution in [3.05, 3.63) is 199 Å². The number of hydrogen-bond acceptors (Lipinski definition) is 2. The summed E-state index contributed by atoms with van der Waals surface area (Å²) in [4.78, 5) is 4.81. The summed E-state index contributed by atoms with van der Waals surface area (Å²) >= 11 is 0. The molecule has 0 aliphatic heterocycles. The highest BCUT2D eigenvalue weighted by molar-refractivity contribution is 5.89. The summed E-state index contributed by atoms with van der Waals surface area (Å²) in [5, 5.41) is 2.48. The van der Waals surface area contributed by atoms with Crippen LogP contribution in [-0.4, -0.2) is 0 Å². The Balaban J connectivity index is 1.00. The van der Waals surface area contributed by atoms with Gasteiger partial charge in [0.05, 0.1) is 0 Å². The lowest BCUT2D eigenvalue weighted by molar-refractivity contribution is -0.0281. The van der Waals surface area contributed by atoms with Crippen molar-refractivity contribution in [1.82, 2.24) is 0 Å². The summed E-state index contributed by atoms with van der Waals surface area (Å²) in [5.74, 6) is 1.62. The van der Waals surface area contributed by atoms with Crippen LogP contribution in [0.5, 0.6) is 0 Å². The average molecular weight is 755 g/mol. The number of hydrogen-bond donors (Lipinski definition) is 0.